The summed E-state index contributed by atoms with van der Waals surface area (Å²) in [5.74, 6) is 0.581. The minimum Gasteiger partial charge on any atom is -0.349 e. The first kappa shape index (κ1) is 10.2. The van der Waals surface area contributed by atoms with E-state index in [1.807, 2.05) is 19.3 Å². The number of hydrogen-bond donors (Lipinski definition) is 2. The zero-order valence-corrected chi connectivity index (χ0v) is 8.94. The Morgan fingerprint density at radius 3 is 3.00 bits per heavy atom. The molecular weight excluding hydrogens is 190 g/mol. The van der Waals surface area contributed by atoms with Gasteiger partial charge in [-0.25, -0.2) is 0 Å². The number of amides is 1. The van der Waals surface area contributed by atoms with E-state index in [0.29, 0.717) is 18.2 Å². The monoisotopic (exact) mass is 207 g/mol. The Morgan fingerprint density at radius 1 is 1.73 bits per heavy atom. The normalized spacial score (nSPS) is 17.5. The maximum absolute atomic E-state index is 11.7. The first-order valence-electron chi connectivity index (χ1n) is 5.33. The van der Waals surface area contributed by atoms with Crippen molar-refractivity contribution in [3.63, 3.8) is 0 Å². The standard InChI is InChI=1S/C11H17N3O/c1-14-6-2-3-10(14)11(15)13-7-9(12)8-4-5-8/h2-3,6,8-9H,4-5,7,12H2,1H3,(H,13,15). The lowest BCUT2D eigenvalue weighted by atomic mass is 10.2. The Kier molecular flexibility index (Phi) is 2.77. The van der Waals surface area contributed by atoms with Gasteiger partial charge in [-0.2, -0.15) is 0 Å². The van der Waals surface area contributed by atoms with Gasteiger partial charge in [0, 0.05) is 25.8 Å². The van der Waals surface area contributed by atoms with E-state index in [-0.39, 0.29) is 11.9 Å². The van der Waals surface area contributed by atoms with Gasteiger partial charge in [0.15, 0.2) is 0 Å². The van der Waals surface area contributed by atoms with Gasteiger partial charge < -0.3 is 15.6 Å². The summed E-state index contributed by atoms with van der Waals surface area (Å²) >= 11 is 0. The lowest BCUT2D eigenvalue weighted by molar-refractivity contribution is 0.0942. The molecule has 1 aromatic rings. The van der Waals surface area contributed by atoms with Crippen molar-refractivity contribution in [1.82, 2.24) is 9.88 Å². The molecule has 0 aliphatic heterocycles. The van der Waals surface area contributed by atoms with Crippen LogP contribution in [-0.4, -0.2) is 23.1 Å². The van der Waals surface area contributed by atoms with Gasteiger partial charge in [0.2, 0.25) is 0 Å². The van der Waals surface area contributed by atoms with E-state index in [1.54, 1.807) is 10.6 Å². The third-order valence-corrected chi connectivity index (χ3v) is 2.90. The Hall–Kier alpha value is -1.29. The molecule has 0 saturated heterocycles. The number of carbonyl (C=O) groups excluding carboxylic acids is 1. The quantitative estimate of drug-likeness (QED) is 0.755. The van der Waals surface area contributed by atoms with Crippen LogP contribution in [-0.2, 0) is 7.05 Å². The molecule has 15 heavy (non-hydrogen) atoms. The first-order valence-corrected chi connectivity index (χ1v) is 5.33. The molecule has 1 saturated carbocycles. The van der Waals surface area contributed by atoms with Gasteiger partial charge in [-0.05, 0) is 30.9 Å². The van der Waals surface area contributed by atoms with Crippen LogP contribution in [0.2, 0.25) is 0 Å². The van der Waals surface area contributed by atoms with Gasteiger partial charge in [-0.15, -0.1) is 0 Å². The van der Waals surface area contributed by atoms with Crippen molar-refractivity contribution in [2.45, 2.75) is 18.9 Å². The second-order valence-electron chi connectivity index (χ2n) is 4.22. The summed E-state index contributed by atoms with van der Waals surface area (Å²) < 4.78 is 1.80. The topological polar surface area (TPSA) is 60.0 Å². The van der Waals surface area contributed by atoms with Crippen LogP contribution in [0.5, 0.6) is 0 Å². The lowest BCUT2D eigenvalue weighted by Crippen LogP contribution is -2.39. The zero-order valence-electron chi connectivity index (χ0n) is 8.94. The third-order valence-electron chi connectivity index (χ3n) is 2.90. The molecule has 1 heterocycles. The summed E-state index contributed by atoms with van der Waals surface area (Å²) in [4.78, 5) is 11.7. The van der Waals surface area contributed by atoms with Gasteiger partial charge in [-0.1, -0.05) is 0 Å². The van der Waals surface area contributed by atoms with Crippen LogP contribution < -0.4 is 11.1 Å². The number of rotatable bonds is 4. The van der Waals surface area contributed by atoms with E-state index < -0.39 is 0 Å². The van der Waals surface area contributed by atoms with Crippen LogP contribution in [0.1, 0.15) is 23.3 Å². The van der Waals surface area contributed by atoms with Crippen LogP contribution in [0.25, 0.3) is 0 Å². The molecular formula is C11H17N3O. The van der Waals surface area contributed by atoms with Crippen molar-refractivity contribution in [3.05, 3.63) is 24.0 Å². The highest BCUT2D eigenvalue weighted by Crippen LogP contribution is 2.31. The summed E-state index contributed by atoms with van der Waals surface area (Å²) in [7, 11) is 1.86. The molecule has 1 atom stereocenters. The van der Waals surface area contributed by atoms with Crippen molar-refractivity contribution in [2.24, 2.45) is 18.7 Å². The smallest absolute Gasteiger partial charge is 0.267 e. The minimum absolute atomic E-state index is 0.0430. The molecule has 4 heteroatoms. The fraction of sp³-hybridized carbons (Fsp3) is 0.545. The summed E-state index contributed by atoms with van der Waals surface area (Å²) in [5.41, 5.74) is 6.58. The number of aryl methyl sites for hydroxylation is 1. The Bertz CT molecular complexity index is 354. The highest BCUT2D eigenvalue weighted by atomic mass is 16.1. The summed E-state index contributed by atoms with van der Waals surface area (Å²) in [6.07, 6.45) is 4.28. The van der Waals surface area contributed by atoms with Gasteiger partial charge in [-0.3, -0.25) is 4.79 Å². The molecule has 4 nitrogen and oxygen atoms in total. The Balaban J connectivity index is 1.84. The minimum atomic E-state index is -0.0430. The van der Waals surface area contributed by atoms with E-state index in [4.69, 9.17) is 5.73 Å². The number of aromatic nitrogens is 1. The highest BCUT2D eigenvalue weighted by Gasteiger charge is 2.28. The molecule has 3 N–H and O–H groups in total. The molecule has 0 bridgehead atoms. The van der Waals surface area contributed by atoms with Gasteiger partial charge >= 0.3 is 0 Å². The molecule has 0 spiro atoms. The van der Waals surface area contributed by atoms with Gasteiger partial charge in [0.1, 0.15) is 5.69 Å². The zero-order chi connectivity index (χ0) is 10.8. The molecule has 0 aromatic carbocycles. The van der Waals surface area contributed by atoms with Crippen molar-refractivity contribution in [1.29, 1.82) is 0 Å². The number of nitrogens with two attached hydrogens (primary N) is 1. The van der Waals surface area contributed by atoms with Crippen molar-refractivity contribution >= 4 is 5.91 Å². The Morgan fingerprint density at radius 2 is 2.47 bits per heavy atom. The van der Waals surface area contributed by atoms with E-state index >= 15 is 0 Å². The highest BCUT2D eigenvalue weighted by molar-refractivity contribution is 5.92. The van der Waals surface area contributed by atoms with E-state index in [0.717, 1.165) is 0 Å². The van der Waals surface area contributed by atoms with Crippen LogP contribution >= 0.6 is 0 Å². The molecule has 82 valence electrons. The molecule has 1 aromatic heterocycles. The number of nitrogens with one attached hydrogen (secondary N) is 1. The lowest BCUT2D eigenvalue weighted by Gasteiger charge is -2.11. The molecule has 1 aliphatic rings. The van der Waals surface area contributed by atoms with Crippen molar-refractivity contribution < 1.29 is 4.79 Å². The fourth-order valence-electron chi connectivity index (χ4n) is 1.69. The molecule has 1 amide bonds. The second-order valence-corrected chi connectivity index (χ2v) is 4.22. The number of carbonyl (C=O) groups is 1. The Labute approximate surface area is 89.5 Å². The molecule has 1 fully saturated rings. The van der Waals surface area contributed by atoms with E-state index in [2.05, 4.69) is 5.32 Å². The predicted octanol–water partition coefficient (Wildman–Crippen LogP) is 0.492. The maximum atomic E-state index is 11.7. The van der Waals surface area contributed by atoms with Crippen molar-refractivity contribution in [3.8, 4) is 0 Å². The SMILES string of the molecule is Cn1cccc1C(=O)NCC(N)C1CC1. The molecule has 2 rings (SSSR count). The fourth-order valence-corrected chi connectivity index (χ4v) is 1.69. The van der Waals surface area contributed by atoms with Crippen LogP contribution in [0.15, 0.2) is 18.3 Å². The van der Waals surface area contributed by atoms with Crippen LogP contribution in [0.3, 0.4) is 0 Å². The van der Waals surface area contributed by atoms with E-state index in [9.17, 15) is 4.79 Å². The van der Waals surface area contributed by atoms with Crippen LogP contribution in [0.4, 0.5) is 0 Å². The average molecular weight is 207 g/mol. The number of nitrogens with zero attached hydrogens (tertiary/aromatic N) is 1. The summed E-state index contributed by atoms with van der Waals surface area (Å²) in [5, 5.41) is 2.86. The molecule has 0 radical (unpaired) electrons. The molecule has 1 aliphatic carbocycles. The maximum Gasteiger partial charge on any atom is 0.267 e. The molecule has 1 unspecified atom stereocenters. The number of hydrogen-bond acceptors (Lipinski definition) is 2. The summed E-state index contributed by atoms with van der Waals surface area (Å²) in [6, 6.07) is 3.78. The first-order chi connectivity index (χ1) is 7.18. The third kappa shape index (κ3) is 2.39. The summed E-state index contributed by atoms with van der Waals surface area (Å²) in [6.45, 7) is 0.578. The van der Waals surface area contributed by atoms with E-state index in [1.165, 1.54) is 12.8 Å². The average Bonchev–Trinajstić information content (AvgIpc) is 2.98. The van der Waals surface area contributed by atoms with Crippen LogP contribution in [0, 0.1) is 5.92 Å². The van der Waals surface area contributed by atoms with Crippen molar-refractivity contribution in [2.75, 3.05) is 6.54 Å². The second kappa shape index (κ2) is 4.06. The largest absolute Gasteiger partial charge is 0.349 e. The van der Waals surface area contributed by atoms with Gasteiger partial charge in [0.05, 0.1) is 0 Å². The predicted molar refractivity (Wildman–Crippen MR) is 58.4 cm³/mol. The van der Waals surface area contributed by atoms with Gasteiger partial charge in [0.25, 0.3) is 5.91 Å².